The lowest BCUT2D eigenvalue weighted by Gasteiger charge is -2.06. The maximum atomic E-state index is 11.5. The van der Waals surface area contributed by atoms with E-state index in [1.54, 1.807) is 35.3 Å². The molecule has 0 amide bonds. The van der Waals surface area contributed by atoms with Crippen molar-refractivity contribution in [3.05, 3.63) is 46.6 Å². The third-order valence-corrected chi connectivity index (χ3v) is 13.6. The van der Waals surface area contributed by atoms with Gasteiger partial charge in [0.1, 0.15) is 4.91 Å². The van der Waals surface area contributed by atoms with Gasteiger partial charge in [0.2, 0.25) is 0 Å². The number of quaternary nitrogens is 1. The molecule has 3 N–H and O–H groups in total. The van der Waals surface area contributed by atoms with Crippen LogP contribution in [0.4, 0.5) is 0 Å². The fourth-order valence-corrected chi connectivity index (χ4v) is 12.5. The summed E-state index contributed by atoms with van der Waals surface area (Å²) in [6.07, 6.45) is 0. The Bertz CT molecular complexity index is 688. The van der Waals surface area contributed by atoms with Crippen molar-refractivity contribution in [3.8, 4) is 0 Å². The van der Waals surface area contributed by atoms with Gasteiger partial charge < -0.3 is 0 Å². The van der Waals surface area contributed by atoms with Crippen LogP contribution in [0, 0.1) is 0 Å². The van der Waals surface area contributed by atoms with Crippen LogP contribution in [0.15, 0.2) is 46.6 Å². The predicted molar refractivity (Wildman–Crippen MR) is 108 cm³/mol. The third-order valence-electron chi connectivity index (χ3n) is 2.46. The molecule has 0 saturated carbocycles. The van der Waals surface area contributed by atoms with E-state index in [0.29, 0.717) is 4.91 Å². The molecule has 0 fully saturated rings. The van der Waals surface area contributed by atoms with Crippen LogP contribution in [0.1, 0.15) is 0 Å². The highest BCUT2D eigenvalue weighted by atomic mass is 32.3. The number of carbonyl (C=O) groups excluding carboxylic acids is 1. The summed E-state index contributed by atoms with van der Waals surface area (Å²) in [5.41, 5.74) is 0. The second-order valence-corrected chi connectivity index (χ2v) is 13.2. The minimum atomic E-state index is -0.361. The minimum absolute atomic E-state index is 0.361. The summed E-state index contributed by atoms with van der Waals surface area (Å²) in [5.74, 6) is 2.82. The van der Waals surface area contributed by atoms with Gasteiger partial charge in [-0.2, -0.15) is 5.90 Å². The van der Waals surface area contributed by atoms with E-state index >= 15 is 0 Å². The Hall–Kier alpha value is 0.930. The van der Waals surface area contributed by atoms with Crippen molar-refractivity contribution in [1.29, 1.82) is 0 Å². The van der Waals surface area contributed by atoms with Crippen LogP contribution >= 0.6 is 94.1 Å². The summed E-state index contributed by atoms with van der Waals surface area (Å²) in [5, 5.41) is 6.11. The van der Waals surface area contributed by atoms with Crippen molar-refractivity contribution in [3.63, 3.8) is 0 Å². The topological polar surface area (TPSA) is 53.9 Å². The molecule has 4 aliphatic rings. The maximum Gasteiger partial charge on any atom is 0.404 e. The van der Waals surface area contributed by atoms with Gasteiger partial charge in [-0.05, 0) is 16.2 Å². The zero-order valence-corrected chi connectivity index (χ0v) is 17.1. The first-order valence-electron chi connectivity index (χ1n) is 5.68. The summed E-state index contributed by atoms with van der Waals surface area (Å²) in [4.78, 5) is 16.6. The highest BCUT2D eigenvalue weighted by Crippen LogP contribution is 2.70. The lowest BCUT2D eigenvalue weighted by molar-refractivity contribution is -0.655. The lowest BCUT2D eigenvalue weighted by atomic mass is 10.6. The predicted octanol–water partition coefficient (Wildman–Crippen LogP) is 5.30. The maximum absolute atomic E-state index is 11.5. The average Bonchev–Trinajstić information content (AvgIpc) is 3.25. The Morgan fingerprint density at radius 3 is 1.91 bits per heavy atom. The second-order valence-electron chi connectivity index (χ2n) is 3.77. The van der Waals surface area contributed by atoms with Gasteiger partial charge in [0.25, 0.3) is 0 Å². The van der Waals surface area contributed by atoms with Crippen LogP contribution < -0.4 is 5.90 Å². The van der Waals surface area contributed by atoms with Gasteiger partial charge >= 0.3 is 5.97 Å². The van der Waals surface area contributed by atoms with Crippen molar-refractivity contribution in [2.75, 3.05) is 0 Å². The van der Waals surface area contributed by atoms with E-state index in [2.05, 4.69) is 21.6 Å². The quantitative estimate of drug-likeness (QED) is 0.544. The minimum Gasteiger partial charge on any atom is -0.276 e. The summed E-state index contributed by atoms with van der Waals surface area (Å²) in [6, 6.07) is 0. The fourth-order valence-electron chi connectivity index (χ4n) is 1.56. The van der Waals surface area contributed by atoms with Gasteiger partial charge in [-0.15, -0.1) is 0 Å². The van der Waals surface area contributed by atoms with Gasteiger partial charge in [0.15, 0.2) is 0 Å². The van der Waals surface area contributed by atoms with Crippen LogP contribution in [-0.2, 0) is 9.63 Å². The molecule has 0 aromatic carbocycles. The molecule has 0 unspecified atom stereocenters. The van der Waals surface area contributed by atoms with Crippen LogP contribution in [0.5, 0.6) is 0 Å². The largest absolute Gasteiger partial charge is 0.404 e. The molecule has 0 aromatic rings. The van der Waals surface area contributed by atoms with Gasteiger partial charge in [-0.3, -0.25) is 4.84 Å². The highest BCUT2D eigenvalue weighted by molar-refractivity contribution is 8.49. The van der Waals surface area contributed by atoms with Gasteiger partial charge in [0.05, 0.1) is 25.4 Å². The van der Waals surface area contributed by atoms with Gasteiger partial charge in [0, 0.05) is 0 Å². The van der Waals surface area contributed by atoms with E-state index in [1.807, 2.05) is 52.5 Å². The summed E-state index contributed by atoms with van der Waals surface area (Å²) >= 11 is 14.0. The molecule has 4 aliphatic heterocycles. The molecule has 0 bridgehead atoms. The average molecular weight is 441 g/mol. The van der Waals surface area contributed by atoms with E-state index in [9.17, 15) is 4.79 Å². The van der Waals surface area contributed by atoms with Crippen LogP contribution in [0.3, 0.4) is 0 Å². The number of hydrogen-bond donors (Lipinski definition) is 1. The molecule has 22 heavy (non-hydrogen) atoms. The summed E-state index contributed by atoms with van der Waals surface area (Å²) in [6.45, 7) is 0. The van der Waals surface area contributed by atoms with Crippen molar-refractivity contribution >= 4 is 100 Å². The van der Waals surface area contributed by atoms with Crippen LogP contribution in [-0.4, -0.2) is 5.97 Å². The first-order valence-corrected chi connectivity index (χ1v) is 12.4. The molecule has 4 rings (SSSR count). The normalized spacial score (nSPS) is 23.8. The molecule has 0 aliphatic carbocycles. The Balaban J connectivity index is 1.44. The van der Waals surface area contributed by atoms with E-state index in [4.69, 9.17) is 0 Å². The van der Waals surface area contributed by atoms with E-state index in [1.165, 1.54) is 32.9 Å². The lowest BCUT2D eigenvalue weighted by Crippen LogP contribution is -2.51. The standard InChI is InChI=1S/C11H6NO2S8/c12-14-5(13)4-3-17-7(18-4)9-21-10-11(22-9)20-8(19-10)6-15-1-2-16-6/h1-3H,12H3/q+1. The molecule has 3 nitrogen and oxygen atoms in total. The van der Waals surface area contributed by atoms with Crippen molar-refractivity contribution < 1.29 is 15.5 Å². The molecular formula is C11H6NO2S8+. The Kier molecular flexibility index (Phi) is 5.25. The van der Waals surface area contributed by atoms with Crippen LogP contribution in [0.25, 0.3) is 0 Å². The zero-order valence-electron chi connectivity index (χ0n) is 10.5. The molecule has 0 radical (unpaired) electrons. The number of hydrogen-bond acceptors (Lipinski definition) is 10. The molecule has 0 saturated heterocycles. The monoisotopic (exact) mass is 440 g/mol. The van der Waals surface area contributed by atoms with E-state index < -0.39 is 0 Å². The third kappa shape index (κ3) is 3.21. The van der Waals surface area contributed by atoms with Crippen molar-refractivity contribution in [2.24, 2.45) is 0 Å². The molecule has 114 valence electrons. The van der Waals surface area contributed by atoms with Crippen LogP contribution in [0.2, 0.25) is 0 Å². The summed E-state index contributed by atoms with van der Waals surface area (Å²) in [7, 11) is 0. The number of carbonyl (C=O) groups is 1. The smallest absolute Gasteiger partial charge is 0.276 e. The Morgan fingerprint density at radius 2 is 1.32 bits per heavy atom. The van der Waals surface area contributed by atoms with Crippen molar-refractivity contribution in [1.82, 2.24) is 0 Å². The number of rotatable bonds is 1. The first kappa shape index (κ1) is 16.4. The van der Waals surface area contributed by atoms with E-state index in [-0.39, 0.29) is 5.97 Å². The molecule has 0 atom stereocenters. The van der Waals surface area contributed by atoms with Crippen molar-refractivity contribution in [2.45, 2.75) is 0 Å². The van der Waals surface area contributed by atoms with Gasteiger partial charge in [-0.25, -0.2) is 4.79 Å². The van der Waals surface area contributed by atoms with E-state index in [0.717, 1.165) is 4.24 Å². The SMILES string of the molecule is [NH3+]OC(=O)C1=CSC(=C2SC3=C(SC(=C4SC=CS4)S3)S2)S1. The Labute approximate surface area is 160 Å². The van der Waals surface area contributed by atoms with Gasteiger partial charge in [-0.1, -0.05) is 94.1 Å². The summed E-state index contributed by atoms with van der Waals surface area (Å²) < 4.78 is 7.92. The first-order chi connectivity index (χ1) is 10.7. The molecule has 11 heteroatoms. The molecular weight excluding hydrogens is 435 g/mol. The molecule has 0 spiro atoms. The molecule has 0 aromatic heterocycles. The zero-order chi connectivity index (χ0) is 15.1. The second kappa shape index (κ2) is 7.04. The molecule has 4 heterocycles. The highest BCUT2D eigenvalue weighted by Gasteiger charge is 2.35. The number of thioether (sulfide) groups is 8. The fraction of sp³-hybridized carbons (Fsp3) is 0. The Morgan fingerprint density at radius 1 is 0.773 bits per heavy atom.